The SMILES string of the molecule is CCc1nn(Cc2nn[nH]n2)c(CC)c1Cc1cc(C)c(O)c2c1CCC2.O=C(O)Cn1nc(C2CC2)c(Oc2ccc(O)c3c2CCC3)c1C1CC1. The zero-order valence-electron chi connectivity index (χ0n) is 30.8. The van der Waals surface area contributed by atoms with Gasteiger partial charge in [0.15, 0.2) is 11.6 Å². The molecule has 3 aromatic heterocycles. The molecule has 2 fully saturated rings. The minimum Gasteiger partial charge on any atom is -0.508 e. The highest BCUT2D eigenvalue weighted by Gasteiger charge is 2.39. The predicted molar refractivity (Wildman–Crippen MR) is 196 cm³/mol. The van der Waals surface area contributed by atoms with Crippen LogP contribution in [0.4, 0.5) is 0 Å². The summed E-state index contributed by atoms with van der Waals surface area (Å²) < 4.78 is 10.1. The number of aliphatic carboxylic acids is 1. The van der Waals surface area contributed by atoms with E-state index in [9.17, 15) is 20.1 Å². The van der Waals surface area contributed by atoms with Gasteiger partial charge in [-0.1, -0.05) is 25.1 Å². The molecule has 0 spiro atoms. The Morgan fingerprint density at radius 3 is 2.34 bits per heavy atom. The molecular formula is C40H48N8O5. The number of nitrogens with one attached hydrogen (secondary N) is 1. The first-order chi connectivity index (χ1) is 25.7. The molecule has 2 aromatic carbocycles. The minimum atomic E-state index is -0.881. The summed E-state index contributed by atoms with van der Waals surface area (Å²) >= 11 is 0. The molecule has 2 saturated carbocycles. The van der Waals surface area contributed by atoms with Crippen molar-refractivity contribution in [1.82, 2.24) is 40.2 Å². The molecule has 4 N–H and O–H groups in total. The summed E-state index contributed by atoms with van der Waals surface area (Å²) in [4.78, 5) is 11.3. The van der Waals surface area contributed by atoms with Crippen molar-refractivity contribution in [3.8, 4) is 23.0 Å². The van der Waals surface area contributed by atoms with Gasteiger partial charge in [0.1, 0.15) is 36.0 Å². The topological polar surface area (TPSA) is 177 Å². The van der Waals surface area contributed by atoms with Crippen molar-refractivity contribution in [3.63, 3.8) is 0 Å². The normalized spacial score (nSPS) is 16.0. The molecule has 278 valence electrons. The summed E-state index contributed by atoms with van der Waals surface area (Å²) in [5.74, 6) is 2.88. The highest BCUT2D eigenvalue weighted by atomic mass is 16.5. The average Bonchev–Trinajstić information content (AvgIpc) is 3.81. The number of ether oxygens (including phenoxy) is 1. The molecule has 5 aromatic rings. The molecule has 13 heteroatoms. The number of carboxylic acid groups (broad SMARTS) is 1. The quantitative estimate of drug-likeness (QED) is 0.113. The number of carboxylic acids is 1. The van der Waals surface area contributed by atoms with Gasteiger partial charge in [0.2, 0.25) is 0 Å². The second-order valence-electron chi connectivity index (χ2n) is 14.9. The minimum absolute atomic E-state index is 0.122. The second-order valence-corrected chi connectivity index (χ2v) is 14.9. The lowest BCUT2D eigenvalue weighted by Gasteiger charge is -2.14. The number of tetrazole rings is 1. The van der Waals surface area contributed by atoms with Crippen molar-refractivity contribution in [2.45, 2.75) is 129 Å². The van der Waals surface area contributed by atoms with E-state index >= 15 is 0 Å². The Morgan fingerprint density at radius 2 is 1.66 bits per heavy atom. The Bertz CT molecular complexity index is 2160. The van der Waals surface area contributed by atoms with Crippen LogP contribution in [0.5, 0.6) is 23.0 Å². The lowest BCUT2D eigenvalue weighted by atomic mass is 9.92. The van der Waals surface area contributed by atoms with Crippen molar-refractivity contribution < 1.29 is 24.9 Å². The van der Waals surface area contributed by atoms with E-state index in [0.717, 1.165) is 134 Å². The standard InChI is InChI=1S/C20H26N6O.C20H22N2O4/c1-4-17-16(18(5-2)26(23-17)11-19-21-24-25-22-19)10-13-9-12(3)20(27)15-8-6-7-14(13)15;23-15-8-9-16(14-3-1-2-13(14)15)26-20-18(11-4-5-11)21-22(10-17(24)25)19(20)12-6-7-12/h9,27H,4-8,10-11H2,1-3H3,(H,21,22,24,25);8-9,11-12,23H,1-7,10H2,(H,24,25). The number of hydrogen-bond acceptors (Lipinski definition) is 9. The smallest absolute Gasteiger partial charge is 0.325 e. The fraction of sp³-hybridized carbons (Fsp3) is 0.500. The van der Waals surface area contributed by atoms with Crippen LogP contribution < -0.4 is 4.74 Å². The summed E-state index contributed by atoms with van der Waals surface area (Å²) in [6.45, 7) is 6.72. The number of benzene rings is 2. The Kier molecular flexibility index (Phi) is 9.42. The number of carbonyl (C=O) groups is 1. The molecule has 0 unspecified atom stereocenters. The average molecular weight is 721 g/mol. The fourth-order valence-corrected chi connectivity index (χ4v) is 8.42. The number of aromatic amines is 1. The number of rotatable bonds is 12. The van der Waals surface area contributed by atoms with Gasteiger partial charge in [-0.25, -0.2) is 0 Å². The van der Waals surface area contributed by atoms with Crippen molar-refractivity contribution in [2.75, 3.05) is 0 Å². The third kappa shape index (κ3) is 6.89. The van der Waals surface area contributed by atoms with E-state index in [1.54, 1.807) is 10.7 Å². The van der Waals surface area contributed by atoms with Crippen LogP contribution in [-0.4, -0.2) is 61.5 Å². The summed E-state index contributed by atoms with van der Waals surface area (Å²) in [6, 6.07) is 5.70. The molecule has 0 atom stereocenters. The third-order valence-corrected chi connectivity index (χ3v) is 11.2. The summed E-state index contributed by atoms with van der Waals surface area (Å²) in [5.41, 5.74) is 12.4. The van der Waals surface area contributed by atoms with Crippen LogP contribution in [-0.2, 0) is 62.8 Å². The van der Waals surface area contributed by atoms with Gasteiger partial charge in [0, 0.05) is 40.6 Å². The van der Waals surface area contributed by atoms with E-state index in [4.69, 9.17) is 9.84 Å². The van der Waals surface area contributed by atoms with Crippen LogP contribution in [0, 0.1) is 6.92 Å². The van der Waals surface area contributed by atoms with E-state index < -0.39 is 5.97 Å². The number of aromatic hydroxyl groups is 2. The maximum Gasteiger partial charge on any atom is 0.325 e. The molecule has 9 rings (SSSR count). The molecule has 0 bridgehead atoms. The second kappa shape index (κ2) is 14.3. The number of aryl methyl sites for hydroxylation is 2. The summed E-state index contributed by atoms with van der Waals surface area (Å²) in [7, 11) is 0. The molecule has 0 saturated heterocycles. The third-order valence-electron chi connectivity index (χ3n) is 11.2. The number of fused-ring (bicyclic) bond motifs is 2. The van der Waals surface area contributed by atoms with Crippen molar-refractivity contribution in [2.24, 2.45) is 0 Å². The van der Waals surface area contributed by atoms with Crippen LogP contribution in [0.2, 0.25) is 0 Å². The van der Waals surface area contributed by atoms with E-state index in [1.807, 2.05) is 17.7 Å². The van der Waals surface area contributed by atoms with Gasteiger partial charge in [-0.2, -0.15) is 15.4 Å². The molecule has 4 aliphatic carbocycles. The maximum absolute atomic E-state index is 11.3. The van der Waals surface area contributed by atoms with Gasteiger partial charge >= 0.3 is 5.97 Å². The van der Waals surface area contributed by atoms with E-state index in [2.05, 4.69) is 45.6 Å². The lowest BCUT2D eigenvalue weighted by molar-refractivity contribution is -0.137. The maximum atomic E-state index is 11.3. The Balaban J connectivity index is 0.000000151. The predicted octanol–water partition coefficient (Wildman–Crippen LogP) is 6.37. The highest BCUT2D eigenvalue weighted by molar-refractivity contribution is 5.67. The van der Waals surface area contributed by atoms with E-state index in [-0.39, 0.29) is 6.54 Å². The Hall–Kier alpha value is -5.20. The van der Waals surface area contributed by atoms with E-state index in [0.29, 0.717) is 35.7 Å². The fourth-order valence-electron chi connectivity index (χ4n) is 8.42. The Morgan fingerprint density at radius 1 is 0.925 bits per heavy atom. The first kappa shape index (κ1) is 34.9. The van der Waals surface area contributed by atoms with Crippen LogP contribution >= 0.6 is 0 Å². The van der Waals surface area contributed by atoms with Gasteiger partial charge in [0.05, 0.1) is 11.4 Å². The van der Waals surface area contributed by atoms with Gasteiger partial charge < -0.3 is 20.1 Å². The largest absolute Gasteiger partial charge is 0.508 e. The lowest BCUT2D eigenvalue weighted by Crippen LogP contribution is -2.13. The monoisotopic (exact) mass is 720 g/mol. The first-order valence-electron chi connectivity index (χ1n) is 19.2. The molecule has 3 heterocycles. The number of phenolic OH excluding ortho intramolecular Hbond substituents is 2. The molecule has 0 amide bonds. The first-order valence-corrected chi connectivity index (χ1v) is 19.2. The zero-order chi connectivity index (χ0) is 36.8. The van der Waals surface area contributed by atoms with Crippen LogP contribution in [0.3, 0.4) is 0 Å². The zero-order valence-corrected chi connectivity index (χ0v) is 30.8. The molecule has 0 aliphatic heterocycles. The van der Waals surface area contributed by atoms with Crippen molar-refractivity contribution in [3.05, 3.63) is 85.7 Å². The van der Waals surface area contributed by atoms with Gasteiger partial charge in [-0.3, -0.25) is 14.2 Å². The van der Waals surface area contributed by atoms with Gasteiger partial charge in [-0.15, -0.1) is 10.2 Å². The van der Waals surface area contributed by atoms with E-state index in [1.165, 1.54) is 22.4 Å². The summed E-state index contributed by atoms with van der Waals surface area (Å²) in [5, 5.41) is 53.6. The van der Waals surface area contributed by atoms with Crippen molar-refractivity contribution >= 4 is 5.97 Å². The van der Waals surface area contributed by atoms with Crippen molar-refractivity contribution in [1.29, 1.82) is 0 Å². The van der Waals surface area contributed by atoms with Crippen LogP contribution in [0.1, 0.15) is 132 Å². The molecule has 0 radical (unpaired) electrons. The number of H-pyrrole nitrogens is 1. The molecule has 4 aliphatic rings. The summed E-state index contributed by atoms with van der Waals surface area (Å²) in [6.07, 6.45) is 12.9. The highest BCUT2D eigenvalue weighted by Crippen LogP contribution is 2.53. The van der Waals surface area contributed by atoms with Crippen LogP contribution in [0.15, 0.2) is 18.2 Å². The number of hydrogen-bond donors (Lipinski definition) is 4. The number of aromatic nitrogens is 8. The number of phenols is 2. The molecule has 13 nitrogen and oxygen atoms in total. The molecule has 53 heavy (non-hydrogen) atoms. The number of nitrogens with zero attached hydrogens (tertiary/aromatic N) is 7. The Labute approximate surface area is 308 Å². The van der Waals surface area contributed by atoms with Gasteiger partial charge in [-0.05, 0) is 118 Å². The van der Waals surface area contributed by atoms with Gasteiger partial charge in [0.25, 0.3) is 0 Å². The van der Waals surface area contributed by atoms with Crippen LogP contribution in [0.25, 0.3) is 0 Å². The molecular weight excluding hydrogens is 672 g/mol.